The maximum atomic E-state index is 5.80. The zero-order valence-corrected chi connectivity index (χ0v) is 10.9. The number of anilines is 1. The second kappa shape index (κ2) is 4.32. The second-order valence-electron chi connectivity index (χ2n) is 3.00. The molecule has 78 valence electrons. The van der Waals surface area contributed by atoms with Crippen LogP contribution in [0.1, 0.15) is 5.69 Å². The molecule has 0 amide bonds. The minimum Gasteiger partial charge on any atom is -0.383 e. The van der Waals surface area contributed by atoms with Gasteiger partial charge in [-0.2, -0.15) is 5.10 Å². The summed E-state index contributed by atoms with van der Waals surface area (Å²) in [4.78, 5) is 4.25. The third-order valence-electron chi connectivity index (χ3n) is 1.93. The Kier molecular flexibility index (Phi) is 3.06. The number of pyridine rings is 1. The van der Waals surface area contributed by atoms with Crippen molar-refractivity contribution in [2.45, 2.75) is 6.54 Å². The summed E-state index contributed by atoms with van der Waals surface area (Å²) in [5, 5.41) is 4.13. The van der Waals surface area contributed by atoms with E-state index in [-0.39, 0.29) is 0 Å². The lowest BCUT2D eigenvalue weighted by molar-refractivity contribution is 0.682. The molecule has 0 aromatic carbocycles. The summed E-state index contributed by atoms with van der Waals surface area (Å²) in [6.07, 6.45) is 3.43. The zero-order valence-electron chi connectivity index (χ0n) is 7.69. The predicted octanol–water partition coefficient (Wildman–Crippen LogP) is 2.43. The summed E-state index contributed by atoms with van der Waals surface area (Å²) in [5.41, 5.74) is 6.71. The Morgan fingerprint density at radius 1 is 1.27 bits per heavy atom. The van der Waals surface area contributed by atoms with Crippen LogP contribution in [0.4, 0.5) is 5.82 Å². The summed E-state index contributed by atoms with van der Waals surface area (Å²) in [6.45, 7) is 0.574. The SMILES string of the molecule is Nc1c(Br)cnn1Cc1ccc(Br)cn1. The van der Waals surface area contributed by atoms with Gasteiger partial charge >= 0.3 is 0 Å². The van der Waals surface area contributed by atoms with Gasteiger partial charge in [-0.15, -0.1) is 0 Å². The maximum absolute atomic E-state index is 5.80. The third-order valence-corrected chi connectivity index (χ3v) is 3.01. The van der Waals surface area contributed by atoms with Crippen molar-refractivity contribution in [3.63, 3.8) is 0 Å². The van der Waals surface area contributed by atoms with Crippen LogP contribution in [-0.2, 0) is 6.54 Å². The normalized spacial score (nSPS) is 10.5. The second-order valence-corrected chi connectivity index (χ2v) is 4.77. The van der Waals surface area contributed by atoms with E-state index in [9.17, 15) is 0 Å². The van der Waals surface area contributed by atoms with Crippen molar-refractivity contribution >= 4 is 37.7 Å². The summed E-state index contributed by atoms with van der Waals surface area (Å²) >= 11 is 6.64. The molecule has 2 rings (SSSR count). The highest BCUT2D eigenvalue weighted by molar-refractivity contribution is 9.10. The van der Waals surface area contributed by atoms with Gasteiger partial charge in [0.2, 0.25) is 0 Å². The van der Waals surface area contributed by atoms with Crippen molar-refractivity contribution < 1.29 is 0 Å². The van der Waals surface area contributed by atoms with E-state index < -0.39 is 0 Å². The fourth-order valence-corrected chi connectivity index (χ4v) is 1.68. The molecule has 0 aliphatic rings. The summed E-state index contributed by atoms with van der Waals surface area (Å²) in [5.74, 6) is 0.611. The van der Waals surface area contributed by atoms with Crippen LogP contribution in [-0.4, -0.2) is 14.8 Å². The first kappa shape index (κ1) is 10.6. The zero-order chi connectivity index (χ0) is 10.8. The van der Waals surface area contributed by atoms with Crippen LogP contribution in [0.25, 0.3) is 0 Å². The fraction of sp³-hybridized carbons (Fsp3) is 0.111. The van der Waals surface area contributed by atoms with E-state index in [1.807, 2.05) is 12.1 Å². The van der Waals surface area contributed by atoms with Gasteiger partial charge in [-0.3, -0.25) is 4.98 Å². The minimum absolute atomic E-state index is 0.574. The molecule has 2 heterocycles. The number of nitrogens with zero attached hydrogens (tertiary/aromatic N) is 3. The first-order valence-electron chi connectivity index (χ1n) is 4.24. The predicted molar refractivity (Wildman–Crippen MR) is 65.4 cm³/mol. The van der Waals surface area contributed by atoms with Gasteiger partial charge in [-0.05, 0) is 44.0 Å². The van der Waals surface area contributed by atoms with Gasteiger partial charge in [-0.25, -0.2) is 4.68 Å². The van der Waals surface area contributed by atoms with E-state index in [1.54, 1.807) is 17.1 Å². The Labute approximate surface area is 104 Å². The number of hydrogen-bond acceptors (Lipinski definition) is 3. The summed E-state index contributed by atoms with van der Waals surface area (Å²) in [6, 6.07) is 3.87. The molecule has 0 spiro atoms. The fourth-order valence-electron chi connectivity index (χ4n) is 1.15. The van der Waals surface area contributed by atoms with Gasteiger partial charge in [0.15, 0.2) is 0 Å². The van der Waals surface area contributed by atoms with E-state index in [0.717, 1.165) is 14.6 Å². The molecule has 0 aliphatic carbocycles. The molecule has 0 fully saturated rings. The van der Waals surface area contributed by atoms with Crippen molar-refractivity contribution in [1.29, 1.82) is 0 Å². The molecule has 0 radical (unpaired) electrons. The molecule has 2 aromatic rings. The Hall–Kier alpha value is -0.880. The van der Waals surface area contributed by atoms with Gasteiger partial charge < -0.3 is 5.73 Å². The van der Waals surface area contributed by atoms with Crippen LogP contribution < -0.4 is 5.73 Å². The molecule has 4 nitrogen and oxygen atoms in total. The van der Waals surface area contributed by atoms with Crippen molar-refractivity contribution in [2.75, 3.05) is 5.73 Å². The first-order valence-corrected chi connectivity index (χ1v) is 5.82. The quantitative estimate of drug-likeness (QED) is 0.919. The van der Waals surface area contributed by atoms with Crippen molar-refractivity contribution in [1.82, 2.24) is 14.8 Å². The van der Waals surface area contributed by atoms with Crippen molar-refractivity contribution in [2.24, 2.45) is 0 Å². The number of aromatic nitrogens is 3. The van der Waals surface area contributed by atoms with Crippen LogP contribution in [0.5, 0.6) is 0 Å². The summed E-state index contributed by atoms with van der Waals surface area (Å²) < 4.78 is 3.46. The van der Waals surface area contributed by atoms with Gasteiger partial charge in [-0.1, -0.05) is 0 Å². The Morgan fingerprint density at radius 3 is 2.60 bits per heavy atom. The molecular weight excluding hydrogens is 324 g/mol. The van der Waals surface area contributed by atoms with Crippen LogP contribution in [0.2, 0.25) is 0 Å². The minimum atomic E-state index is 0.574. The van der Waals surface area contributed by atoms with E-state index in [4.69, 9.17) is 5.73 Å². The van der Waals surface area contributed by atoms with Crippen LogP contribution in [0.15, 0.2) is 33.5 Å². The lowest BCUT2D eigenvalue weighted by atomic mass is 10.3. The largest absolute Gasteiger partial charge is 0.383 e. The van der Waals surface area contributed by atoms with E-state index >= 15 is 0 Å². The number of halogens is 2. The molecule has 2 N–H and O–H groups in total. The molecule has 0 saturated carbocycles. The molecule has 0 aliphatic heterocycles. The molecule has 0 atom stereocenters. The highest BCUT2D eigenvalue weighted by Crippen LogP contribution is 2.18. The Bertz CT molecular complexity index is 463. The molecule has 6 heteroatoms. The Balaban J connectivity index is 2.22. The summed E-state index contributed by atoms with van der Waals surface area (Å²) in [7, 11) is 0. The lowest BCUT2D eigenvalue weighted by Crippen LogP contribution is -2.06. The average molecular weight is 332 g/mol. The Morgan fingerprint density at radius 2 is 2.07 bits per heavy atom. The van der Waals surface area contributed by atoms with Crippen LogP contribution in [0, 0.1) is 0 Å². The molecule has 0 saturated heterocycles. The smallest absolute Gasteiger partial charge is 0.136 e. The number of nitrogen functional groups attached to an aromatic ring is 1. The van der Waals surface area contributed by atoms with Gasteiger partial charge in [0.05, 0.1) is 22.9 Å². The van der Waals surface area contributed by atoms with E-state index in [2.05, 4.69) is 41.9 Å². The highest BCUT2D eigenvalue weighted by atomic mass is 79.9. The molecule has 0 unspecified atom stereocenters. The number of rotatable bonds is 2. The maximum Gasteiger partial charge on any atom is 0.136 e. The van der Waals surface area contributed by atoms with E-state index in [1.165, 1.54) is 0 Å². The highest BCUT2D eigenvalue weighted by Gasteiger charge is 2.05. The van der Waals surface area contributed by atoms with Crippen LogP contribution >= 0.6 is 31.9 Å². The average Bonchev–Trinajstić information content (AvgIpc) is 2.53. The van der Waals surface area contributed by atoms with Gasteiger partial charge in [0.1, 0.15) is 5.82 Å². The topological polar surface area (TPSA) is 56.7 Å². The van der Waals surface area contributed by atoms with Gasteiger partial charge in [0.25, 0.3) is 0 Å². The van der Waals surface area contributed by atoms with Crippen LogP contribution in [0.3, 0.4) is 0 Å². The number of hydrogen-bond donors (Lipinski definition) is 1. The monoisotopic (exact) mass is 330 g/mol. The molecule has 15 heavy (non-hydrogen) atoms. The van der Waals surface area contributed by atoms with Crippen molar-refractivity contribution in [3.05, 3.63) is 39.2 Å². The van der Waals surface area contributed by atoms with Gasteiger partial charge in [0, 0.05) is 10.7 Å². The van der Waals surface area contributed by atoms with Crippen molar-refractivity contribution in [3.8, 4) is 0 Å². The standard InChI is InChI=1S/C9H8Br2N4/c10-6-1-2-7(13-3-6)5-15-9(12)8(11)4-14-15/h1-4H,5,12H2. The first-order chi connectivity index (χ1) is 7.16. The number of nitrogens with two attached hydrogens (primary N) is 1. The third kappa shape index (κ3) is 2.38. The van der Waals surface area contributed by atoms with E-state index in [0.29, 0.717) is 12.4 Å². The molecular formula is C9H8Br2N4. The molecule has 0 bridgehead atoms. The lowest BCUT2D eigenvalue weighted by Gasteiger charge is -2.03. The molecule has 2 aromatic heterocycles.